The van der Waals surface area contributed by atoms with Gasteiger partial charge in [0.2, 0.25) is 0 Å². The topological polar surface area (TPSA) is 40.5 Å². The Morgan fingerprint density at radius 3 is 2.11 bits per heavy atom. The summed E-state index contributed by atoms with van der Waals surface area (Å²) in [7, 11) is 0. The van der Waals surface area contributed by atoms with Crippen molar-refractivity contribution in [2.75, 3.05) is 0 Å². The van der Waals surface area contributed by atoms with Crippen molar-refractivity contribution in [2.24, 2.45) is 0 Å². The quantitative estimate of drug-likeness (QED) is 0.593. The van der Waals surface area contributed by atoms with Crippen molar-refractivity contribution in [1.82, 2.24) is 2.93 Å². The van der Waals surface area contributed by atoms with Crippen LogP contribution in [0, 0.1) is 0 Å². The van der Waals surface area contributed by atoms with Crippen LogP contribution in [0.1, 0.15) is 0 Å². The van der Waals surface area contributed by atoms with Gasteiger partial charge in [0.15, 0.2) is 0 Å². The Balaban J connectivity index is 3.83. The molecule has 0 rings (SSSR count). The maximum atomic E-state index is 10.3. The zero-order chi connectivity index (χ0) is 7.44. The van der Waals surface area contributed by atoms with Crippen molar-refractivity contribution in [2.45, 2.75) is 11.4 Å². The van der Waals surface area contributed by atoms with E-state index in [1.807, 2.05) is 0 Å². The molecule has 0 heterocycles. The van der Waals surface area contributed by atoms with Crippen LogP contribution < -0.4 is 0 Å². The van der Waals surface area contributed by atoms with E-state index in [0.717, 1.165) is 0 Å². The van der Waals surface area contributed by atoms with Crippen molar-refractivity contribution in [3.05, 3.63) is 0 Å². The summed E-state index contributed by atoms with van der Waals surface area (Å²) in [4.78, 5) is 10.3. The van der Waals surface area contributed by atoms with Crippen molar-refractivity contribution >= 4 is 54.4 Å². The second kappa shape index (κ2) is 4.75. The van der Waals surface area contributed by atoms with Gasteiger partial charge in [-0.3, -0.25) is 0 Å². The van der Waals surface area contributed by atoms with Crippen LogP contribution in [-0.2, 0) is 4.79 Å². The molecule has 0 aliphatic carbocycles. The molecule has 0 fully saturated rings. The molecule has 0 aliphatic heterocycles. The van der Waals surface area contributed by atoms with E-state index in [0.29, 0.717) is 5.32 Å². The van der Waals surface area contributed by atoms with Crippen LogP contribution in [0.4, 0.5) is 0 Å². The van der Waals surface area contributed by atoms with Gasteiger partial charge in [0.05, 0.1) is 0 Å². The number of carbonyl (C=O) groups is 1. The molecule has 6 heteroatoms. The fourth-order valence-electron chi connectivity index (χ4n) is 0.250. The number of aliphatic carboxylic acids is 1. The predicted octanol–water partition coefficient (Wildman–Crippen LogP) is -2.31. The average molecular weight is 326 g/mol. The molecule has 0 aromatic heterocycles. The molecule has 9 heavy (non-hydrogen) atoms. The average Bonchev–Trinajstić information content (AvgIpc) is 1.64. The molecule has 0 aromatic carbocycles. The molecule has 0 saturated carbocycles. The van der Waals surface area contributed by atoms with E-state index in [4.69, 9.17) is 5.11 Å². The third kappa shape index (κ3) is 3.64. The second-order valence-corrected chi connectivity index (χ2v) is 5.42. The molecule has 1 N–H and O–H groups in total. The number of carboxylic acids is 1. The summed E-state index contributed by atoms with van der Waals surface area (Å²) < 4.78 is 1.56. The molecule has 0 unspecified atom stereocenters. The summed E-state index contributed by atoms with van der Waals surface area (Å²) in [6.45, 7) is 0. The van der Waals surface area contributed by atoms with Crippen molar-refractivity contribution in [3.63, 3.8) is 0 Å². The van der Waals surface area contributed by atoms with Gasteiger partial charge < -0.3 is 0 Å². The van der Waals surface area contributed by atoms with Crippen molar-refractivity contribution < 1.29 is 9.90 Å². The molecular formula is C3H7NO2Se3. The fraction of sp³-hybridized carbons (Fsp3) is 0.667. The van der Waals surface area contributed by atoms with Crippen LogP contribution >= 0.6 is 0 Å². The Bertz CT molecular complexity index is 107. The number of nitrogens with zero attached hydrogens (tertiary/aromatic N) is 1. The molecule has 0 saturated heterocycles. The summed E-state index contributed by atoms with van der Waals surface area (Å²) in [5.41, 5.74) is 0. The van der Waals surface area contributed by atoms with Crippen molar-refractivity contribution in [3.8, 4) is 0 Å². The van der Waals surface area contributed by atoms with Crippen LogP contribution in [-0.4, -0.2) is 68.5 Å². The standard InChI is InChI=1S/C3H7NO2Se3/c5-3(6)2(1-7)4(8)9/h2,7-9H,1H2,(H,5,6)/t2-/m0/s1. The van der Waals surface area contributed by atoms with Gasteiger partial charge in [-0.05, 0) is 0 Å². The summed E-state index contributed by atoms with van der Waals surface area (Å²) >= 11 is 6.57. The van der Waals surface area contributed by atoms with E-state index >= 15 is 0 Å². The molecular weight excluding hydrogens is 319 g/mol. The normalized spacial score (nSPS) is 13.8. The zero-order valence-corrected chi connectivity index (χ0v) is 10.1. The van der Waals surface area contributed by atoms with Crippen LogP contribution in [0.25, 0.3) is 0 Å². The van der Waals surface area contributed by atoms with Gasteiger partial charge in [-0.1, -0.05) is 0 Å². The monoisotopic (exact) mass is 329 g/mol. The Morgan fingerprint density at radius 1 is 1.67 bits per heavy atom. The molecule has 0 spiro atoms. The Kier molecular flexibility index (Phi) is 5.27. The van der Waals surface area contributed by atoms with Gasteiger partial charge in [0.1, 0.15) is 0 Å². The molecule has 54 valence electrons. The summed E-state index contributed by atoms with van der Waals surface area (Å²) in [5.74, 6) is -0.795. The molecule has 0 amide bonds. The number of hydrogen-bond donors (Lipinski definition) is 1. The number of carboxylic acid groups (broad SMARTS) is 1. The van der Waals surface area contributed by atoms with Crippen molar-refractivity contribution in [1.29, 1.82) is 0 Å². The van der Waals surface area contributed by atoms with E-state index in [2.05, 4.69) is 48.5 Å². The first-order valence-electron chi connectivity index (χ1n) is 2.10. The van der Waals surface area contributed by atoms with Gasteiger partial charge in [-0.2, -0.15) is 0 Å². The zero-order valence-electron chi connectivity index (χ0n) is 4.43. The minimum absolute atomic E-state index is 0.412. The number of rotatable bonds is 3. The predicted molar refractivity (Wildman–Crippen MR) is 39.5 cm³/mol. The number of hydrogen-bond acceptors (Lipinski definition) is 2. The summed E-state index contributed by atoms with van der Waals surface area (Å²) in [6, 6.07) is -0.412. The summed E-state index contributed by atoms with van der Waals surface area (Å²) in [6.07, 6.45) is 0. The SMILES string of the molecule is O=C(O)[C@H](C[SeH])N([SeH])[SeH]. The summed E-state index contributed by atoms with van der Waals surface area (Å²) in [5, 5.41) is 9.03. The van der Waals surface area contributed by atoms with E-state index in [-0.39, 0.29) is 0 Å². The minimum atomic E-state index is -0.795. The first kappa shape index (κ1) is 9.99. The van der Waals surface area contributed by atoms with Gasteiger partial charge in [0.25, 0.3) is 0 Å². The van der Waals surface area contributed by atoms with E-state index < -0.39 is 12.0 Å². The third-order valence-corrected chi connectivity index (χ3v) is 2.63. The maximum absolute atomic E-state index is 10.3. The molecule has 0 aromatic rings. The molecule has 1 atom stereocenters. The molecule has 0 bridgehead atoms. The van der Waals surface area contributed by atoms with Crippen LogP contribution in [0.3, 0.4) is 0 Å². The van der Waals surface area contributed by atoms with E-state index in [1.165, 1.54) is 0 Å². The van der Waals surface area contributed by atoms with Crippen LogP contribution in [0.15, 0.2) is 0 Å². The molecule has 0 radical (unpaired) electrons. The first-order valence-corrected chi connectivity index (χ1v) is 5.10. The van der Waals surface area contributed by atoms with Crippen LogP contribution in [0.2, 0.25) is 5.32 Å². The fourth-order valence-corrected chi connectivity index (χ4v) is 2.89. The Hall–Kier alpha value is 0.988. The molecule has 0 aliphatic rings. The van der Waals surface area contributed by atoms with Crippen LogP contribution in [0.5, 0.6) is 0 Å². The van der Waals surface area contributed by atoms with Gasteiger partial charge in [-0.25, -0.2) is 0 Å². The van der Waals surface area contributed by atoms with Gasteiger partial charge >= 0.3 is 78.6 Å². The van der Waals surface area contributed by atoms with Gasteiger partial charge in [-0.15, -0.1) is 0 Å². The van der Waals surface area contributed by atoms with Gasteiger partial charge in [0, 0.05) is 0 Å². The second-order valence-electron chi connectivity index (χ2n) is 1.36. The molecule has 3 nitrogen and oxygen atoms in total. The van der Waals surface area contributed by atoms with E-state index in [1.54, 1.807) is 2.93 Å². The Labute approximate surface area is 78.4 Å². The Morgan fingerprint density at radius 2 is 2.11 bits per heavy atom. The van der Waals surface area contributed by atoms with E-state index in [9.17, 15) is 4.79 Å². The first-order chi connectivity index (χ1) is 4.09. The third-order valence-electron chi connectivity index (χ3n) is 0.737.